The number of anilines is 2. The predicted molar refractivity (Wildman–Crippen MR) is 98.8 cm³/mol. The van der Waals surface area contributed by atoms with Crippen LogP contribution in [-0.4, -0.2) is 5.10 Å². The van der Waals surface area contributed by atoms with Crippen LogP contribution in [0.1, 0.15) is 0 Å². The van der Waals surface area contributed by atoms with E-state index in [9.17, 15) is 0 Å². The summed E-state index contributed by atoms with van der Waals surface area (Å²) in [5.41, 5.74) is 3.24. The van der Waals surface area contributed by atoms with Crippen LogP contribution in [0.2, 0.25) is 0 Å². The maximum atomic E-state index is 4.78. The molecule has 0 unspecified atom stereocenters. The van der Waals surface area contributed by atoms with E-state index in [1.165, 1.54) is 0 Å². The van der Waals surface area contributed by atoms with Gasteiger partial charge in [0.15, 0.2) is 0 Å². The topological polar surface area (TPSA) is 28.8 Å². The minimum absolute atomic E-state index is 0. The van der Waals surface area contributed by atoms with Crippen molar-refractivity contribution in [3.63, 3.8) is 0 Å². The highest BCUT2D eigenvalue weighted by Gasteiger charge is 2.23. The Hall–Kier alpha value is -2.69. The van der Waals surface area contributed by atoms with Gasteiger partial charge in [-0.05, 0) is 40.3 Å². The zero-order chi connectivity index (χ0) is 16.2. The van der Waals surface area contributed by atoms with E-state index in [-0.39, 0.29) is 12.4 Å². The molecule has 1 aromatic heterocycles. The van der Waals surface area contributed by atoms with Gasteiger partial charge in [-0.2, -0.15) is 0 Å². The lowest BCUT2D eigenvalue weighted by Gasteiger charge is -1.97. The van der Waals surface area contributed by atoms with Crippen molar-refractivity contribution in [3.8, 4) is 16.3 Å². The van der Waals surface area contributed by atoms with Crippen LogP contribution in [0, 0.1) is 0 Å². The minimum atomic E-state index is 0. The molecule has 25 heavy (non-hydrogen) atoms. The van der Waals surface area contributed by atoms with E-state index in [2.05, 4.69) is 41.7 Å². The first-order valence-corrected chi connectivity index (χ1v) is 8.58. The second-order valence-corrected chi connectivity index (χ2v) is 6.29. The van der Waals surface area contributed by atoms with Gasteiger partial charge in [-0.3, -0.25) is 0 Å². The molecule has 0 aliphatic carbocycles. The molecule has 0 saturated heterocycles. The number of rotatable bonds is 4. The number of hydrogen-bond donors (Lipinski definition) is 1. The molecule has 5 heteroatoms. The van der Waals surface area contributed by atoms with E-state index >= 15 is 0 Å². The first-order chi connectivity index (χ1) is 11.9. The van der Waals surface area contributed by atoms with Gasteiger partial charge in [-0.15, -0.1) is 0 Å². The van der Waals surface area contributed by atoms with Gasteiger partial charge in [0.1, 0.15) is 0 Å². The highest BCUT2D eigenvalue weighted by atomic mass is 35.5. The normalized spacial score (nSPS) is 10.1. The third-order valence-electron chi connectivity index (χ3n) is 3.62. The minimum Gasteiger partial charge on any atom is -1.00 e. The molecule has 3 nitrogen and oxygen atoms in total. The maximum Gasteiger partial charge on any atom is 0.304 e. The Labute approximate surface area is 157 Å². The number of para-hydroxylation sites is 2. The Kier molecular flexibility index (Phi) is 5.43. The van der Waals surface area contributed by atoms with Crippen LogP contribution in [0.3, 0.4) is 0 Å². The van der Waals surface area contributed by atoms with Gasteiger partial charge < -0.3 is 17.7 Å². The lowest BCUT2D eigenvalue weighted by molar-refractivity contribution is -0.642. The molecule has 0 bridgehead atoms. The van der Waals surface area contributed by atoms with Crippen molar-refractivity contribution in [2.24, 2.45) is 0 Å². The van der Waals surface area contributed by atoms with Crippen LogP contribution in [0.5, 0.6) is 0 Å². The summed E-state index contributed by atoms with van der Waals surface area (Å²) in [6.07, 6.45) is 0. The molecule has 0 radical (unpaired) electrons. The molecule has 4 aromatic rings. The van der Waals surface area contributed by atoms with Gasteiger partial charge in [0.2, 0.25) is 5.69 Å². The zero-order valence-corrected chi connectivity index (χ0v) is 14.9. The van der Waals surface area contributed by atoms with E-state index in [4.69, 9.17) is 5.10 Å². The number of benzene rings is 3. The van der Waals surface area contributed by atoms with Gasteiger partial charge in [0.25, 0.3) is 5.13 Å². The van der Waals surface area contributed by atoms with Crippen LogP contribution >= 0.6 is 11.3 Å². The van der Waals surface area contributed by atoms with Crippen molar-refractivity contribution in [1.82, 2.24) is 5.10 Å². The quantitative estimate of drug-likeness (QED) is 0.440. The fourth-order valence-electron chi connectivity index (χ4n) is 2.49. The number of hydrogen-bond acceptors (Lipinski definition) is 3. The van der Waals surface area contributed by atoms with Gasteiger partial charge in [0, 0.05) is 22.9 Å². The molecule has 3 aromatic carbocycles. The third-order valence-corrected chi connectivity index (χ3v) is 4.60. The van der Waals surface area contributed by atoms with Gasteiger partial charge >= 0.3 is 5.01 Å². The second-order valence-electron chi connectivity index (χ2n) is 5.32. The summed E-state index contributed by atoms with van der Waals surface area (Å²) in [5.74, 6) is 0. The number of halogens is 1. The average molecular weight is 369 g/mol. The van der Waals surface area contributed by atoms with Crippen LogP contribution in [0.15, 0.2) is 91.0 Å². The van der Waals surface area contributed by atoms with Crippen LogP contribution < -0.4 is 22.4 Å². The second kappa shape index (κ2) is 7.92. The lowest BCUT2D eigenvalue weighted by Crippen LogP contribution is -3.00. The molecule has 0 spiro atoms. The largest absolute Gasteiger partial charge is 1.00 e. The zero-order valence-electron chi connectivity index (χ0n) is 13.3. The van der Waals surface area contributed by atoms with E-state index in [1.54, 1.807) is 11.3 Å². The Morgan fingerprint density at radius 1 is 0.720 bits per heavy atom. The van der Waals surface area contributed by atoms with Crippen molar-refractivity contribution in [2.45, 2.75) is 0 Å². The maximum absolute atomic E-state index is 4.78. The predicted octanol–water partition coefficient (Wildman–Crippen LogP) is 1.83. The fraction of sp³-hybridized carbons (Fsp3) is 0. The van der Waals surface area contributed by atoms with Crippen molar-refractivity contribution in [3.05, 3.63) is 91.0 Å². The molecule has 0 saturated carbocycles. The number of aromatic nitrogens is 2. The Morgan fingerprint density at radius 3 is 1.92 bits per heavy atom. The molecule has 4 rings (SSSR count). The van der Waals surface area contributed by atoms with E-state index in [1.807, 2.05) is 59.3 Å². The van der Waals surface area contributed by atoms with E-state index < -0.39 is 0 Å². The molecule has 1 heterocycles. The summed E-state index contributed by atoms with van der Waals surface area (Å²) in [4.78, 5) is 0. The Bertz CT molecular complexity index is 868. The van der Waals surface area contributed by atoms with Crippen molar-refractivity contribution in [2.75, 3.05) is 5.32 Å². The monoisotopic (exact) mass is 368 g/mol. The number of nitrogens with zero attached hydrogens (tertiary/aromatic N) is 2. The average Bonchev–Trinajstić information content (AvgIpc) is 3.08. The molecule has 0 fully saturated rings. The smallest absolute Gasteiger partial charge is 0.304 e. The third kappa shape index (κ3) is 3.87. The molecular weight excluding hydrogens is 353 g/mol. The van der Waals surface area contributed by atoms with Crippen LogP contribution in [0.25, 0.3) is 16.3 Å². The van der Waals surface area contributed by atoms with E-state index in [0.717, 1.165) is 27.1 Å². The Balaban J connectivity index is 0.00000182. The van der Waals surface area contributed by atoms with Crippen molar-refractivity contribution < 1.29 is 17.1 Å². The van der Waals surface area contributed by atoms with Crippen LogP contribution in [-0.2, 0) is 0 Å². The Morgan fingerprint density at radius 2 is 1.28 bits per heavy atom. The summed E-state index contributed by atoms with van der Waals surface area (Å²) < 4.78 is 1.99. The molecule has 0 aliphatic rings. The first-order valence-electron chi connectivity index (χ1n) is 7.76. The van der Waals surface area contributed by atoms with E-state index in [0.29, 0.717) is 0 Å². The molecule has 1 N–H and O–H groups in total. The molecular formula is C20H16ClN3S. The molecule has 0 atom stereocenters. The summed E-state index contributed by atoms with van der Waals surface area (Å²) in [6, 6.07) is 30.7. The molecule has 0 aliphatic heterocycles. The first kappa shape index (κ1) is 17.1. The standard InChI is InChI=1S/C20H16N3S.ClH/c1-4-10-16(11-5-1)19-23(18-14-8-3-9-15-18)22-20(24-19)21-17-12-6-2-7-13-17;/h1-15H,(H,21,22);1H/q+1;/p-1/i21+1,22+1,23+1;. The summed E-state index contributed by atoms with van der Waals surface area (Å²) in [6.45, 7) is 0. The number of nitrogens with one attached hydrogen (secondary N) is 1. The highest BCUT2D eigenvalue weighted by Crippen LogP contribution is 2.28. The van der Waals surface area contributed by atoms with Crippen molar-refractivity contribution >= 4 is 22.2 Å². The highest BCUT2D eigenvalue weighted by molar-refractivity contribution is 7.18. The van der Waals surface area contributed by atoms with Gasteiger partial charge in [-0.1, -0.05) is 54.6 Å². The summed E-state index contributed by atoms with van der Waals surface area (Å²) >= 11 is 1.64. The van der Waals surface area contributed by atoms with Gasteiger partial charge in [-0.25, -0.2) is 0 Å². The summed E-state index contributed by atoms with van der Waals surface area (Å²) in [7, 11) is 0. The molecule has 124 valence electrons. The molecule has 0 amide bonds. The fourth-order valence-corrected chi connectivity index (χ4v) is 3.45. The SMILES string of the molecule is [Cl-].c1ccc([15NH]c2[15n][15n+](-c3ccccc3)c(-c3ccccc3)s2)cc1. The van der Waals surface area contributed by atoms with Crippen molar-refractivity contribution in [1.29, 1.82) is 0 Å². The summed E-state index contributed by atoms with van der Waals surface area (Å²) in [5, 5.41) is 10.1. The van der Waals surface area contributed by atoms with Crippen LogP contribution in [0.4, 0.5) is 10.8 Å². The van der Waals surface area contributed by atoms with Gasteiger partial charge in [0.05, 0.1) is 5.56 Å². The lowest BCUT2D eigenvalue weighted by atomic mass is 10.2.